The number of primary amides is 1. The van der Waals surface area contributed by atoms with Crippen molar-refractivity contribution >= 4 is 11.6 Å². The molecule has 0 aliphatic rings. The number of nitrogens with two attached hydrogens (primary N) is 1. The Morgan fingerprint density at radius 1 is 1.05 bits per heavy atom. The Hall–Kier alpha value is -2.50. The minimum Gasteiger partial charge on any atom is -0.370 e. The number of carbonyl (C=O) groups is 1. The average Bonchev–Trinajstić information content (AvgIpc) is 2.39. The van der Waals surface area contributed by atoms with Crippen LogP contribution in [0.5, 0.6) is 0 Å². The molecule has 0 aliphatic carbocycles. The van der Waals surface area contributed by atoms with Crippen molar-refractivity contribution in [1.29, 1.82) is 0 Å². The van der Waals surface area contributed by atoms with Crippen LogP contribution in [0.1, 0.15) is 11.6 Å². The van der Waals surface area contributed by atoms with E-state index in [0.29, 0.717) is 0 Å². The molecule has 0 saturated carbocycles. The van der Waals surface area contributed by atoms with Crippen molar-refractivity contribution in [1.82, 2.24) is 0 Å². The van der Waals surface area contributed by atoms with Gasteiger partial charge in [-0.25, -0.2) is 13.2 Å². The number of benzene rings is 2. The van der Waals surface area contributed by atoms with Crippen molar-refractivity contribution in [3.05, 3.63) is 65.5 Å². The quantitative estimate of drug-likeness (QED) is 0.904. The highest BCUT2D eigenvalue weighted by molar-refractivity contribution is 5.84. The highest BCUT2D eigenvalue weighted by Crippen LogP contribution is 2.23. The Morgan fingerprint density at radius 2 is 1.75 bits per heavy atom. The molecule has 20 heavy (non-hydrogen) atoms. The van der Waals surface area contributed by atoms with Crippen LogP contribution in [0.25, 0.3) is 0 Å². The van der Waals surface area contributed by atoms with E-state index < -0.39 is 29.4 Å². The maximum Gasteiger partial charge on any atom is 0.244 e. The second-order valence-corrected chi connectivity index (χ2v) is 4.16. The fourth-order valence-corrected chi connectivity index (χ4v) is 1.78. The molecule has 104 valence electrons. The molecule has 0 aromatic heterocycles. The van der Waals surface area contributed by atoms with Gasteiger partial charge in [-0.2, -0.15) is 0 Å². The summed E-state index contributed by atoms with van der Waals surface area (Å²) in [5, 5.41) is 2.58. The molecule has 0 fully saturated rings. The topological polar surface area (TPSA) is 55.1 Å². The molecule has 0 spiro atoms. The van der Waals surface area contributed by atoms with Gasteiger partial charge in [-0.05, 0) is 36.4 Å². The summed E-state index contributed by atoms with van der Waals surface area (Å²) in [6.07, 6.45) is 0. The van der Waals surface area contributed by atoms with Crippen LogP contribution in [0.4, 0.5) is 18.9 Å². The molecule has 1 unspecified atom stereocenters. The Labute approximate surface area is 113 Å². The van der Waals surface area contributed by atoms with E-state index in [0.717, 1.165) is 24.3 Å². The predicted molar refractivity (Wildman–Crippen MR) is 68.3 cm³/mol. The average molecular weight is 280 g/mol. The summed E-state index contributed by atoms with van der Waals surface area (Å²) in [5.41, 5.74) is 5.19. The first-order chi connectivity index (χ1) is 9.47. The minimum absolute atomic E-state index is 0.234. The Balaban J connectivity index is 2.37. The number of anilines is 1. The van der Waals surface area contributed by atoms with Crippen LogP contribution in [0, 0.1) is 17.5 Å². The van der Waals surface area contributed by atoms with Gasteiger partial charge in [0.05, 0.1) is 0 Å². The monoisotopic (exact) mass is 280 g/mol. The number of nitrogens with one attached hydrogen (secondary N) is 1. The molecule has 6 heteroatoms. The van der Waals surface area contributed by atoms with Gasteiger partial charge in [0, 0.05) is 11.3 Å². The lowest BCUT2D eigenvalue weighted by Crippen LogP contribution is -2.28. The number of amides is 1. The van der Waals surface area contributed by atoms with E-state index in [1.54, 1.807) is 0 Å². The summed E-state index contributed by atoms with van der Waals surface area (Å²) in [5.74, 6) is -2.91. The molecule has 3 nitrogen and oxygen atoms in total. The largest absolute Gasteiger partial charge is 0.370 e. The third-order valence-electron chi connectivity index (χ3n) is 2.69. The van der Waals surface area contributed by atoms with E-state index >= 15 is 0 Å². The number of carbonyl (C=O) groups excluding carboxylic acids is 1. The zero-order valence-corrected chi connectivity index (χ0v) is 10.2. The Kier molecular flexibility index (Phi) is 3.93. The maximum atomic E-state index is 13.7. The fraction of sp³-hybridized carbons (Fsp3) is 0.0714. The van der Waals surface area contributed by atoms with Gasteiger partial charge in [0.15, 0.2) is 0 Å². The maximum absolute atomic E-state index is 13.7. The predicted octanol–water partition coefficient (Wildman–Crippen LogP) is 2.74. The van der Waals surface area contributed by atoms with Gasteiger partial charge in [-0.1, -0.05) is 6.07 Å². The molecule has 0 radical (unpaired) electrons. The summed E-state index contributed by atoms with van der Waals surface area (Å²) >= 11 is 0. The zero-order valence-electron chi connectivity index (χ0n) is 10.2. The zero-order chi connectivity index (χ0) is 14.7. The van der Waals surface area contributed by atoms with E-state index in [2.05, 4.69) is 5.32 Å². The lowest BCUT2D eigenvalue weighted by molar-refractivity contribution is -0.118. The van der Waals surface area contributed by atoms with E-state index in [1.807, 2.05) is 0 Å². The molecular formula is C14H11F3N2O. The van der Waals surface area contributed by atoms with E-state index in [9.17, 15) is 18.0 Å². The van der Waals surface area contributed by atoms with Gasteiger partial charge in [0.2, 0.25) is 5.91 Å². The highest BCUT2D eigenvalue weighted by Gasteiger charge is 2.22. The van der Waals surface area contributed by atoms with Crippen molar-refractivity contribution in [2.75, 3.05) is 5.32 Å². The molecule has 2 rings (SSSR count). The summed E-state index contributed by atoms with van der Waals surface area (Å²) < 4.78 is 39.9. The minimum atomic E-state index is -1.30. The Morgan fingerprint density at radius 3 is 2.40 bits per heavy atom. The fourth-order valence-electron chi connectivity index (χ4n) is 1.78. The summed E-state index contributed by atoms with van der Waals surface area (Å²) in [6.45, 7) is 0. The lowest BCUT2D eigenvalue weighted by atomic mass is 10.0. The van der Waals surface area contributed by atoms with Crippen molar-refractivity contribution in [3.8, 4) is 0 Å². The SMILES string of the molecule is NC(=O)C(Nc1cccc(F)c1)c1cc(F)ccc1F. The van der Waals surface area contributed by atoms with Crippen LogP contribution < -0.4 is 11.1 Å². The van der Waals surface area contributed by atoms with Gasteiger partial charge in [-0.15, -0.1) is 0 Å². The van der Waals surface area contributed by atoms with E-state index in [4.69, 9.17) is 5.73 Å². The Bertz CT molecular complexity index is 646. The van der Waals surface area contributed by atoms with Crippen LogP contribution >= 0.6 is 0 Å². The van der Waals surface area contributed by atoms with Gasteiger partial charge < -0.3 is 11.1 Å². The molecule has 0 heterocycles. The van der Waals surface area contributed by atoms with Crippen LogP contribution in [0.2, 0.25) is 0 Å². The molecule has 1 atom stereocenters. The second-order valence-electron chi connectivity index (χ2n) is 4.16. The molecule has 3 N–H and O–H groups in total. The van der Waals surface area contributed by atoms with Crippen LogP contribution in [0.15, 0.2) is 42.5 Å². The third-order valence-corrected chi connectivity index (χ3v) is 2.69. The summed E-state index contributed by atoms with van der Waals surface area (Å²) in [6, 6.07) is 6.63. The molecule has 2 aromatic rings. The van der Waals surface area contributed by atoms with Gasteiger partial charge in [0.1, 0.15) is 23.5 Å². The molecule has 1 amide bonds. The van der Waals surface area contributed by atoms with Crippen molar-refractivity contribution in [2.24, 2.45) is 5.73 Å². The number of hydrogen-bond acceptors (Lipinski definition) is 2. The van der Waals surface area contributed by atoms with E-state index in [1.165, 1.54) is 18.2 Å². The molecule has 2 aromatic carbocycles. The van der Waals surface area contributed by atoms with Crippen LogP contribution in [-0.4, -0.2) is 5.91 Å². The van der Waals surface area contributed by atoms with Crippen LogP contribution in [-0.2, 0) is 4.79 Å². The van der Waals surface area contributed by atoms with Gasteiger partial charge in [-0.3, -0.25) is 4.79 Å². The molecule has 0 aliphatic heterocycles. The van der Waals surface area contributed by atoms with Gasteiger partial charge in [0.25, 0.3) is 0 Å². The van der Waals surface area contributed by atoms with Crippen LogP contribution in [0.3, 0.4) is 0 Å². The third kappa shape index (κ3) is 3.09. The first-order valence-corrected chi connectivity index (χ1v) is 5.74. The van der Waals surface area contributed by atoms with Crippen molar-refractivity contribution < 1.29 is 18.0 Å². The smallest absolute Gasteiger partial charge is 0.244 e. The van der Waals surface area contributed by atoms with Crippen molar-refractivity contribution in [2.45, 2.75) is 6.04 Å². The standard InChI is InChI=1S/C14H11F3N2O/c15-8-2-1-3-10(6-8)19-13(14(18)20)11-7-9(16)4-5-12(11)17/h1-7,13,19H,(H2,18,20). The normalized spacial score (nSPS) is 11.9. The van der Waals surface area contributed by atoms with E-state index in [-0.39, 0.29) is 11.3 Å². The number of hydrogen-bond donors (Lipinski definition) is 2. The first kappa shape index (κ1) is 13.9. The van der Waals surface area contributed by atoms with Gasteiger partial charge >= 0.3 is 0 Å². The molecule has 0 saturated heterocycles. The summed E-state index contributed by atoms with van der Waals surface area (Å²) in [4.78, 5) is 11.4. The molecular weight excluding hydrogens is 269 g/mol. The number of rotatable bonds is 4. The lowest BCUT2D eigenvalue weighted by Gasteiger charge is -2.18. The number of halogens is 3. The van der Waals surface area contributed by atoms with Crippen molar-refractivity contribution in [3.63, 3.8) is 0 Å². The highest BCUT2D eigenvalue weighted by atomic mass is 19.1. The summed E-state index contributed by atoms with van der Waals surface area (Å²) in [7, 11) is 0. The molecule has 0 bridgehead atoms. The second kappa shape index (κ2) is 5.64. The first-order valence-electron chi connectivity index (χ1n) is 5.74.